The molecule has 17 heavy (non-hydrogen) atoms. The molecule has 94 valence electrons. The molecule has 0 aliphatic rings. The van der Waals surface area contributed by atoms with Crippen molar-refractivity contribution in [2.24, 2.45) is 0 Å². The van der Waals surface area contributed by atoms with E-state index in [9.17, 15) is 4.39 Å². The maximum atomic E-state index is 13.9. The predicted octanol–water partition coefficient (Wildman–Crippen LogP) is 3.12. The molecule has 0 bridgehead atoms. The van der Waals surface area contributed by atoms with E-state index in [0.717, 1.165) is 18.5 Å². The molecule has 0 saturated heterocycles. The van der Waals surface area contributed by atoms with Crippen LogP contribution in [-0.4, -0.2) is 20.6 Å². The van der Waals surface area contributed by atoms with Crippen LogP contribution in [0.4, 0.5) is 10.1 Å². The lowest BCUT2D eigenvalue weighted by atomic mass is 10.0. The number of nitrogens with one attached hydrogen (secondary N) is 1. The SMILES string of the molecule is C=CCCN(C)c1c(F)cccc1C(C)NC. The Morgan fingerprint density at radius 1 is 1.53 bits per heavy atom. The van der Waals surface area contributed by atoms with E-state index in [4.69, 9.17) is 0 Å². The molecule has 1 aromatic carbocycles. The third-order valence-electron chi connectivity index (χ3n) is 2.97. The van der Waals surface area contributed by atoms with Crippen molar-refractivity contribution in [1.82, 2.24) is 5.32 Å². The number of benzene rings is 1. The quantitative estimate of drug-likeness (QED) is 0.763. The van der Waals surface area contributed by atoms with Crippen molar-refractivity contribution in [2.75, 3.05) is 25.5 Å². The first-order valence-electron chi connectivity index (χ1n) is 5.89. The number of hydrogen-bond acceptors (Lipinski definition) is 2. The summed E-state index contributed by atoms with van der Waals surface area (Å²) in [4.78, 5) is 1.94. The van der Waals surface area contributed by atoms with E-state index in [0.29, 0.717) is 5.69 Å². The second-order valence-electron chi connectivity index (χ2n) is 4.19. The fraction of sp³-hybridized carbons (Fsp3) is 0.429. The summed E-state index contributed by atoms with van der Waals surface area (Å²) in [7, 11) is 3.79. The van der Waals surface area contributed by atoms with Crippen LogP contribution in [0.3, 0.4) is 0 Å². The maximum Gasteiger partial charge on any atom is 0.146 e. The molecular formula is C14H21FN2. The molecular weight excluding hydrogens is 215 g/mol. The standard InChI is InChI=1S/C14H21FN2/c1-5-6-10-17(4)14-12(11(2)16-3)8-7-9-13(14)15/h5,7-9,11,16H,1,6,10H2,2-4H3. The Bertz CT molecular complexity index is 376. The average molecular weight is 236 g/mol. The molecule has 2 nitrogen and oxygen atoms in total. The molecule has 0 amide bonds. The van der Waals surface area contributed by atoms with Crippen LogP contribution in [0.5, 0.6) is 0 Å². The van der Waals surface area contributed by atoms with Gasteiger partial charge in [-0.15, -0.1) is 6.58 Å². The maximum absolute atomic E-state index is 13.9. The first-order chi connectivity index (χ1) is 8.11. The summed E-state index contributed by atoms with van der Waals surface area (Å²) in [6.45, 7) is 6.49. The van der Waals surface area contributed by atoms with E-state index in [1.807, 2.05) is 38.1 Å². The second kappa shape index (κ2) is 6.40. The Morgan fingerprint density at radius 3 is 2.82 bits per heavy atom. The van der Waals surface area contributed by atoms with Crippen LogP contribution in [0.25, 0.3) is 0 Å². The van der Waals surface area contributed by atoms with Gasteiger partial charge in [0.2, 0.25) is 0 Å². The van der Waals surface area contributed by atoms with Gasteiger partial charge in [0.05, 0.1) is 5.69 Å². The van der Waals surface area contributed by atoms with E-state index in [-0.39, 0.29) is 11.9 Å². The summed E-state index contributed by atoms with van der Waals surface area (Å²) in [6, 6.07) is 5.35. The summed E-state index contributed by atoms with van der Waals surface area (Å²) in [5.74, 6) is -0.170. The zero-order valence-electron chi connectivity index (χ0n) is 10.8. The highest BCUT2D eigenvalue weighted by Crippen LogP contribution is 2.28. The fourth-order valence-electron chi connectivity index (χ4n) is 1.84. The van der Waals surface area contributed by atoms with Gasteiger partial charge in [-0.25, -0.2) is 4.39 Å². The molecule has 0 heterocycles. The molecule has 0 spiro atoms. The lowest BCUT2D eigenvalue weighted by Crippen LogP contribution is -2.23. The Kier molecular flexibility index (Phi) is 5.16. The number of halogens is 1. The Balaban J connectivity index is 3.06. The predicted molar refractivity (Wildman–Crippen MR) is 72.0 cm³/mol. The number of nitrogens with zero attached hydrogens (tertiary/aromatic N) is 1. The first-order valence-corrected chi connectivity index (χ1v) is 5.89. The van der Waals surface area contributed by atoms with E-state index in [1.165, 1.54) is 6.07 Å². The summed E-state index contributed by atoms with van der Waals surface area (Å²) in [5.41, 5.74) is 1.66. The highest BCUT2D eigenvalue weighted by molar-refractivity contribution is 5.55. The van der Waals surface area contributed by atoms with Gasteiger partial charge in [-0.2, -0.15) is 0 Å². The first kappa shape index (κ1) is 13.7. The lowest BCUT2D eigenvalue weighted by molar-refractivity contribution is 0.603. The van der Waals surface area contributed by atoms with Crippen molar-refractivity contribution in [3.63, 3.8) is 0 Å². The number of hydrogen-bond donors (Lipinski definition) is 1. The van der Waals surface area contributed by atoms with E-state index in [1.54, 1.807) is 6.07 Å². The zero-order chi connectivity index (χ0) is 12.8. The van der Waals surface area contributed by atoms with Crippen molar-refractivity contribution in [2.45, 2.75) is 19.4 Å². The van der Waals surface area contributed by atoms with Crippen molar-refractivity contribution in [3.8, 4) is 0 Å². The molecule has 0 aromatic heterocycles. The minimum atomic E-state index is -0.170. The Hall–Kier alpha value is -1.35. The summed E-state index contributed by atoms with van der Waals surface area (Å²) in [6.07, 6.45) is 2.69. The normalized spacial score (nSPS) is 12.2. The van der Waals surface area contributed by atoms with Gasteiger partial charge in [0.1, 0.15) is 5.82 Å². The topological polar surface area (TPSA) is 15.3 Å². The number of rotatable bonds is 6. The summed E-state index contributed by atoms with van der Waals surface area (Å²) < 4.78 is 13.9. The van der Waals surface area contributed by atoms with Crippen LogP contribution in [0, 0.1) is 5.82 Å². The molecule has 0 fully saturated rings. The van der Waals surface area contributed by atoms with Gasteiger partial charge in [0.15, 0.2) is 0 Å². The van der Waals surface area contributed by atoms with Gasteiger partial charge < -0.3 is 10.2 Å². The molecule has 0 radical (unpaired) electrons. The van der Waals surface area contributed by atoms with Crippen molar-refractivity contribution in [1.29, 1.82) is 0 Å². The van der Waals surface area contributed by atoms with Gasteiger partial charge in [-0.3, -0.25) is 0 Å². The molecule has 1 rings (SSSR count). The highest BCUT2D eigenvalue weighted by Gasteiger charge is 2.15. The van der Waals surface area contributed by atoms with Gasteiger partial charge in [0.25, 0.3) is 0 Å². The van der Waals surface area contributed by atoms with Crippen molar-refractivity contribution < 1.29 is 4.39 Å². The molecule has 0 aliphatic carbocycles. The van der Waals surface area contributed by atoms with Crippen LogP contribution in [-0.2, 0) is 0 Å². The monoisotopic (exact) mass is 236 g/mol. The second-order valence-corrected chi connectivity index (χ2v) is 4.19. The van der Waals surface area contributed by atoms with Crippen molar-refractivity contribution in [3.05, 3.63) is 42.2 Å². The van der Waals surface area contributed by atoms with Crippen LogP contribution in [0.2, 0.25) is 0 Å². The van der Waals surface area contributed by atoms with Crippen LogP contribution < -0.4 is 10.2 Å². The van der Waals surface area contributed by atoms with Crippen LogP contribution in [0.1, 0.15) is 24.9 Å². The molecule has 0 aliphatic heterocycles. The van der Waals surface area contributed by atoms with E-state index < -0.39 is 0 Å². The van der Waals surface area contributed by atoms with Gasteiger partial charge in [0, 0.05) is 19.6 Å². The van der Waals surface area contributed by atoms with E-state index in [2.05, 4.69) is 11.9 Å². The largest absolute Gasteiger partial charge is 0.372 e. The highest BCUT2D eigenvalue weighted by atomic mass is 19.1. The lowest BCUT2D eigenvalue weighted by Gasteiger charge is -2.25. The number of para-hydroxylation sites is 1. The minimum absolute atomic E-state index is 0.131. The van der Waals surface area contributed by atoms with Gasteiger partial charge in [-0.05, 0) is 32.0 Å². The molecule has 1 N–H and O–H groups in total. The Morgan fingerprint density at radius 2 is 2.24 bits per heavy atom. The van der Waals surface area contributed by atoms with Crippen molar-refractivity contribution >= 4 is 5.69 Å². The Labute approximate surface area is 103 Å². The molecule has 1 atom stereocenters. The minimum Gasteiger partial charge on any atom is -0.372 e. The molecule has 3 heteroatoms. The summed E-state index contributed by atoms with van der Waals surface area (Å²) in [5, 5.41) is 3.15. The molecule has 0 saturated carbocycles. The third-order valence-corrected chi connectivity index (χ3v) is 2.97. The van der Waals surface area contributed by atoms with E-state index >= 15 is 0 Å². The van der Waals surface area contributed by atoms with Crippen LogP contribution in [0.15, 0.2) is 30.9 Å². The average Bonchev–Trinajstić information content (AvgIpc) is 2.34. The fourth-order valence-corrected chi connectivity index (χ4v) is 1.84. The van der Waals surface area contributed by atoms with Gasteiger partial charge in [-0.1, -0.05) is 18.2 Å². The zero-order valence-corrected chi connectivity index (χ0v) is 10.8. The summed E-state index contributed by atoms with van der Waals surface area (Å²) >= 11 is 0. The molecule has 1 aromatic rings. The van der Waals surface area contributed by atoms with Crippen LogP contribution >= 0.6 is 0 Å². The third kappa shape index (κ3) is 3.30. The smallest absolute Gasteiger partial charge is 0.146 e. The number of anilines is 1. The molecule has 1 unspecified atom stereocenters. The van der Waals surface area contributed by atoms with Gasteiger partial charge >= 0.3 is 0 Å².